The van der Waals surface area contributed by atoms with E-state index in [1.165, 1.54) is 11.3 Å². The lowest BCUT2D eigenvalue weighted by Gasteiger charge is -2.09. The van der Waals surface area contributed by atoms with Gasteiger partial charge in [0.1, 0.15) is 5.75 Å². The number of benzene rings is 1. The van der Waals surface area contributed by atoms with Crippen LogP contribution in [0.25, 0.3) is 10.9 Å². The summed E-state index contributed by atoms with van der Waals surface area (Å²) in [6.45, 7) is 1.97. The Hall–Kier alpha value is -2.40. The molecular weight excluding hydrogens is 284 g/mol. The summed E-state index contributed by atoms with van der Waals surface area (Å²) in [4.78, 5) is 17.3. The van der Waals surface area contributed by atoms with Crippen LogP contribution in [0.5, 0.6) is 5.75 Å². The lowest BCUT2D eigenvalue weighted by atomic mass is 10.1. The van der Waals surface area contributed by atoms with Gasteiger partial charge < -0.3 is 10.1 Å². The molecule has 0 aliphatic heterocycles. The molecule has 0 unspecified atom stereocenters. The number of aryl methyl sites for hydroxylation is 1. The third-order valence-corrected chi connectivity index (χ3v) is 4.16. The van der Waals surface area contributed by atoms with Crippen molar-refractivity contribution in [2.24, 2.45) is 0 Å². The van der Waals surface area contributed by atoms with Crippen LogP contribution in [0.2, 0.25) is 0 Å². The maximum Gasteiger partial charge on any atom is 0.265 e. The molecule has 106 valence electrons. The van der Waals surface area contributed by atoms with Crippen molar-refractivity contribution in [2.45, 2.75) is 6.92 Å². The number of amides is 1. The maximum absolute atomic E-state index is 12.3. The number of hydrogen-bond acceptors (Lipinski definition) is 4. The van der Waals surface area contributed by atoms with Gasteiger partial charge in [0.15, 0.2) is 0 Å². The molecule has 5 heteroatoms. The van der Waals surface area contributed by atoms with Crippen molar-refractivity contribution in [3.8, 4) is 5.75 Å². The Kier molecular flexibility index (Phi) is 3.58. The zero-order valence-electron chi connectivity index (χ0n) is 11.7. The second-order valence-electron chi connectivity index (χ2n) is 4.69. The molecule has 0 saturated carbocycles. The van der Waals surface area contributed by atoms with Gasteiger partial charge in [-0.1, -0.05) is 6.07 Å². The molecule has 4 nitrogen and oxygen atoms in total. The van der Waals surface area contributed by atoms with Crippen LogP contribution in [0.4, 0.5) is 5.69 Å². The number of methoxy groups -OCH3 is 1. The molecular formula is C16H14N2O2S. The minimum Gasteiger partial charge on any atom is -0.497 e. The number of anilines is 1. The first kappa shape index (κ1) is 13.6. The molecule has 1 aromatic carbocycles. The van der Waals surface area contributed by atoms with Gasteiger partial charge in [0, 0.05) is 17.6 Å². The smallest absolute Gasteiger partial charge is 0.265 e. The highest BCUT2D eigenvalue weighted by molar-refractivity contribution is 7.12. The highest BCUT2D eigenvalue weighted by atomic mass is 32.1. The minimum absolute atomic E-state index is 0.131. The van der Waals surface area contributed by atoms with E-state index in [9.17, 15) is 4.79 Å². The summed E-state index contributed by atoms with van der Waals surface area (Å²) >= 11 is 1.43. The van der Waals surface area contributed by atoms with Crippen molar-refractivity contribution >= 4 is 33.8 Å². The molecule has 0 saturated heterocycles. The van der Waals surface area contributed by atoms with Gasteiger partial charge in [-0.15, -0.1) is 11.3 Å². The molecule has 3 aromatic rings. The third-order valence-electron chi connectivity index (χ3n) is 3.12. The number of nitrogens with one attached hydrogen (secondary N) is 1. The molecule has 3 rings (SSSR count). The van der Waals surface area contributed by atoms with E-state index in [0.29, 0.717) is 16.3 Å². The Bertz CT molecular complexity index is 811. The summed E-state index contributed by atoms with van der Waals surface area (Å²) in [5.74, 6) is 0.557. The summed E-state index contributed by atoms with van der Waals surface area (Å²) in [7, 11) is 1.60. The van der Waals surface area contributed by atoms with Crippen molar-refractivity contribution in [1.29, 1.82) is 0 Å². The first-order valence-corrected chi connectivity index (χ1v) is 7.34. The molecule has 0 aliphatic carbocycles. The summed E-state index contributed by atoms with van der Waals surface area (Å²) in [6, 6.07) is 9.35. The molecule has 21 heavy (non-hydrogen) atoms. The van der Waals surface area contributed by atoms with E-state index < -0.39 is 0 Å². The van der Waals surface area contributed by atoms with Crippen LogP contribution >= 0.6 is 11.3 Å². The Balaban J connectivity index is 2.01. The van der Waals surface area contributed by atoms with E-state index in [0.717, 1.165) is 16.5 Å². The fraction of sp³-hybridized carbons (Fsp3) is 0.125. The zero-order valence-corrected chi connectivity index (χ0v) is 12.5. The number of thiophene rings is 1. The number of pyridine rings is 1. The number of carbonyl (C=O) groups excluding carboxylic acids is 1. The zero-order chi connectivity index (χ0) is 14.8. The van der Waals surface area contributed by atoms with Crippen molar-refractivity contribution in [3.05, 3.63) is 52.3 Å². The average Bonchev–Trinajstić information content (AvgIpc) is 2.93. The highest BCUT2D eigenvalue weighted by Crippen LogP contribution is 2.28. The molecule has 1 N–H and O–H groups in total. The summed E-state index contributed by atoms with van der Waals surface area (Å²) < 4.78 is 5.28. The highest BCUT2D eigenvalue weighted by Gasteiger charge is 2.12. The van der Waals surface area contributed by atoms with Gasteiger partial charge in [-0.2, -0.15) is 0 Å². The SMILES string of the molecule is COc1cc(NC(=O)c2cc(C)cs2)c2ncccc2c1. The fourth-order valence-corrected chi connectivity index (χ4v) is 2.91. The summed E-state index contributed by atoms with van der Waals surface area (Å²) in [5, 5.41) is 5.80. The molecule has 0 radical (unpaired) electrons. The Morgan fingerprint density at radius 3 is 2.90 bits per heavy atom. The van der Waals surface area contributed by atoms with E-state index in [-0.39, 0.29) is 5.91 Å². The second kappa shape index (κ2) is 5.54. The lowest BCUT2D eigenvalue weighted by molar-refractivity contribution is 0.103. The van der Waals surface area contributed by atoms with E-state index in [1.807, 2.05) is 36.6 Å². The number of rotatable bonds is 3. The quantitative estimate of drug-likeness (QED) is 0.798. The molecule has 0 fully saturated rings. The van der Waals surface area contributed by atoms with Crippen LogP contribution in [0.1, 0.15) is 15.2 Å². The summed E-state index contributed by atoms with van der Waals surface area (Å²) in [6.07, 6.45) is 1.71. The normalized spacial score (nSPS) is 10.6. The first-order valence-electron chi connectivity index (χ1n) is 6.46. The number of carbonyl (C=O) groups is 1. The van der Waals surface area contributed by atoms with Crippen LogP contribution in [-0.4, -0.2) is 18.0 Å². The van der Waals surface area contributed by atoms with Crippen molar-refractivity contribution in [1.82, 2.24) is 4.98 Å². The van der Waals surface area contributed by atoms with Gasteiger partial charge in [0.2, 0.25) is 0 Å². The van der Waals surface area contributed by atoms with Gasteiger partial charge >= 0.3 is 0 Å². The van der Waals surface area contributed by atoms with Crippen LogP contribution in [0.15, 0.2) is 41.9 Å². The standard InChI is InChI=1S/C16H14N2O2S/c1-10-6-14(21-9-10)16(19)18-13-8-12(20-2)7-11-4-3-5-17-15(11)13/h3-9H,1-2H3,(H,18,19). The van der Waals surface area contributed by atoms with Crippen LogP contribution < -0.4 is 10.1 Å². The van der Waals surface area contributed by atoms with E-state index in [1.54, 1.807) is 19.4 Å². The van der Waals surface area contributed by atoms with E-state index in [4.69, 9.17) is 4.74 Å². The second-order valence-corrected chi connectivity index (χ2v) is 5.60. The van der Waals surface area contributed by atoms with Gasteiger partial charge in [0.25, 0.3) is 5.91 Å². The van der Waals surface area contributed by atoms with Crippen LogP contribution in [0, 0.1) is 6.92 Å². The van der Waals surface area contributed by atoms with Gasteiger partial charge in [-0.3, -0.25) is 9.78 Å². The maximum atomic E-state index is 12.3. The van der Waals surface area contributed by atoms with E-state index in [2.05, 4.69) is 10.3 Å². The largest absolute Gasteiger partial charge is 0.497 e. The summed E-state index contributed by atoms with van der Waals surface area (Å²) in [5.41, 5.74) is 2.49. The molecule has 0 spiro atoms. The average molecular weight is 298 g/mol. The molecule has 0 atom stereocenters. The minimum atomic E-state index is -0.131. The van der Waals surface area contributed by atoms with Gasteiger partial charge in [-0.25, -0.2) is 0 Å². The Morgan fingerprint density at radius 1 is 1.33 bits per heavy atom. The molecule has 0 aliphatic rings. The predicted octanol–water partition coefficient (Wildman–Crippen LogP) is 3.87. The third kappa shape index (κ3) is 2.73. The molecule has 1 amide bonds. The van der Waals surface area contributed by atoms with Gasteiger partial charge in [0.05, 0.1) is 23.2 Å². The Labute approximate surface area is 126 Å². The van der Waals surface area contributed by atoms with Crippen molar-refractivity contribution in [3.63, 3.8) is 0 Å². The van der Waals surface area contributed by atoms with Crippen molar-refractivity contribution in [2.75, 3.05) is 12.4 Å². The fourth-order valence-electron chi connectivity index (χ4n) is 2.11. The number of nitrogens with zero attached hydrogens (tertiary/aromatic N) is 1. The van der Waals surface area contributed by atoms with Crippen LogP contribution in [0.3, 0.4) is 0 Å². The number of aromatic nitrogens is 1. The molecule has 2 heterocycles. The van der Waals surface area contributed by atoms with Crippen molar-refractivity contribution < 1.29 is 9.53 Å². The van der Waals surface area contributed by atoms with Crippen LogP contribution in [-0.2, 0) is 0 Å². The first-order chi connectivity index (χ1) is 10.2. The topological polar surface area (TPSA) is 51.2 Å². The number of hydrogen-bond donors (Lipinski definition) is 1. The molecule has 0 bridgehead atoms. The number of fused-ring (bicyclic) bond motifs is 1. The van der Waals surface area contributed by atoms with Gasteiger partial charge in [-0.05, 0) is 36.1 Å². The monoisotopic (exact) mass is 298 g/mol. The number of ether oxygens (including phenoxy) is 1. The molecule has 2 aromatic heterocycles. The Morgan fingerprint density at radius 2 is 2.19 bits per heavy atom. The predicted molar refractivity (Wildman–Crippen MR) is 85.3 cm³/mol. The van der Waals surface area contributed by atoms with E-state index >= 15 is 0 Å². The lowest BCUT2D eigenvalue weighted by Crippen LogP contribution is -2.11.